The highest BCUT2D eigenvalue weighted by molar-refractivity contribution is 5.79. The van der Waals surface area contributed by atoms with Gasteiger partial charge in [-0.15, -0.1) is 0 Å². The molecule has 0 aliphatic carbocycles. The second kappa shape index (κ2) is 3.92. The first-order chi connectivity index (χ1) is 6.74. The third kappa shape index (κ3) is 2.20. The largest absolute Gasteiger partial charge is 0.360 e. The van der Waals surface area contributed by atoms with Gasteiger partial charge in [0.1, 0.15) is 5.78 Å². The number of rotatable bonds is 2. The first-order valence-electron chi connectivity index (χ1n) is 4.90. The standard InChI is InChI=1S/C10H14N2O2/c1-8-6-10(14-11-8)7-12-4-2-9(13)3-5-12/h6H,2-5,7H2,1H3. The number of hydrogen-bond donors (Lipinski definition) is 0. The van der Waals surface area contributed by atoms with E-state index in [1.165, 1.54) is 0 Å². The van der Waals surface area contributed by atoms with E-state index in [0.29, 0.717) is 18.6 Å². The molecule has 4 nitrogen and oxygen atoms in total. The van der Waals surface area contributed by atoms with E-state index >= 15 is 0 Å². The molecule has 14 heavy (non-hydrogen) atoms. The Morgan fingerprint density at radius 3 is 2.79 bits per heavy atom. The van der Waals surface area contributed by atoms with Crippen LogP contribution in [0, 0.1) is 6.92 Å². The highest BCUT2D eigenvalue weighted by Crippen LogP contribution is 2.11. The summed E-state index contributed by atoms with van der Waals surface area (Å²) in [6.07, 6.45) is 1.35. The lowest BCUT2D eigenvalue weighted by molar-refractivity contribution is -0.121. The Bertz CT molecular complexity index is 323. The average molecular weight is 194 g/mol. The summed E-state index contributed by atoms with van der Waals surface area (Å²) in [5.74, 6) is 1.26. The molecular formula is C10H14N2O2. The lowest BCUT2D eigenvalue weighted by atomic mass is 10.1. The Morgan fingerprint density at radius 2 is 2.21 bits per heavy atom. The summed E-state index contributed by atoms with van der Waals surface area (Å²) in [7, 11) is 0. The molecule has 2 rings (SSSR count). The van der Waals surface area contributed by atoms with Gasteiger partial charge in [-0.1, -0.05) is 5.16 Å². The average Bonchev–Trinajstić information content (AvgIpc) is 2.56. The molecule has 0 radical (unpaired) electrons. The van der Waals surface area contributed by atoms with Crippen molar-refractivity contribution in [1.29, 1.82) is 0 Å². The van der Waals surface area contributed by atoms with Crippen molar-refractivity contribution in [2.75, 3.05) is 13.1 Å². The molecule has 2 heterocycles. The molecule has 0 aromatic carbocycles. The molecule has 0 atom stereocenters. The zero-order valence-corrected chi connectivity index (χ0v) is 8.32. The molecule has 1 saturated heterocycles. The molecule has 0 amide bonds. The molecule has 0 unspecified atom stereocenters. The molecular weight excluding hydrogens is 180 g/mol. The van der Waals surface area contributed by atoms with Gasteiger partial charge in [0.2, 0.25) is 0 Å². The molecule has 1 aromatic rings. The van der Waals surface area contributed by atoms with Crippen LogP contribution in [0.4, 0.5) is 0 Å². The number of ketones is 1. The quantitative estimate of drug-likeness (QED) is 0.708. The number of carbonyl (C=O) groups is 1. The van der Waals surface area contributed by atoms with Gasteiger partial charge in [-0.05, 0) is 6.92 Å². The van der Waals surface area contributed by atoms with Crippen LogP contribution in [0.25, 0.3) is 0 Å². The van der Waals surface area contributed by atoms with Crippen LogP contribution in [0.3, 0.4) is 0 Å². The number of carbonyl (C=O) groups excluding carboxylic acids is 1. The first-order valence-corrected chi connectivity index (χ1v) is 4.90. The van der Waals surface area contributed by atoms with Gasteiger partial charge in [0.05, 0.1) is 12.2 Å². The van der Waals surface area contributed by atoms with Crippen LogP contribution in [-0.2, 0) is 11.3 Å². The fraction of sp³-hybridized carbons (Fsp3) is 0.600. The molecule has 1 aliphatic heterocycles. The number of aromatic nitrogens is 1. The van der Waals surface area contributed by atoms with E-state index in [-0.39, 0.29) is 0 Å². The minimum atomic E-state index is 0.370. The normalized spacial score (nSPS) is 18.8. The third-order valence-corrected chi connectivity index (χ3v) is 2.47. The smallest absolute Gasteiger partial charge is 0.150 e. The monoisotopic (exact) mass is 194 g/mol. The molecule has 0 bridgehead atoms. The molecule has 1 aromatic heterocycles. The summed E-state index contributed by atoms with van der Waals surface area (Å²) < 4.78 is 5.12. The van der Waals surface area contributed by atoms with Crippen molar-refractivity contribution in [1.82, 2.24) is 10.1 Å². The molecule has 0 N–H and O–H groups in total. The van der Waals surface area contributed by atoms with E-state index in [1.54, 1.807) is 0 Å². The second-order valence-electron chi connectivity index (χ2n) is 3.75. The van der Waals surface area contributed by atoms with Gasteiger partial charge >= 0.3 is 0 Å². The predicted molar refractivity (Wildman–Crippen MR) is 50.8 cm³/mol. The zero-order chi connectivity index (χ0) is 9.97. The van der Waals surface area contributed by atoms with Crippen LogP contribution < -0.4 is 0 Å². The number of likely N-dealkylation sites (tertiary alicyclic amines) is 1. The Balaban J connectivity index is 1.89. The molecule has 76 valence electrons. The summed E-state index contributed by atoms with van der Waals surface area (Å²) in [4.78, 5) is 13.2. The highest BCUT2D eigenvalue weighted by Gasteiger charge is 2.17. The number of piperidine rings is 1. The van der Waals surface area contributed by atoms with E-state index in [0.717, 1.165) is 31.1 Å². The predicted octanol–water partition coefficient (Wildman–Crippen LogP) is 1.15. The Kier molecular flexibility index (Phi) is 2.63. The molecule has 1 fully saturated rings. The van der Waals surface area contributed by atoms with Gasteiger partial charge in [0.15, 0.2) is 5.76 Å². The first kappa shape index (κ1) is 9.40. The summed E-state index contributed by atoms with van der Waals surface area (Å²) >= 11 is 0. The zero-order valence-electron chi connectivity index (χ0n) is 8.32. The number of aryl methyl sites for hydroxylation is 1. The van der Waals surface area contributed by atoms with Gasteiger partial charge < -0.3 is 4.52 Å². The van der Waals surface area contributed by atoms with Gasteiger partial charge in [0.25, 0.3) is 0 Å². The maximum atomic E-state index is 11.0. The van der Waals surface area contributed by atoms with E-state index in [9.17, 15) is 4.79 Å². The van der Waals surface area contributed by atoms with Crippen LogP contribution in [0.2, 0.25) is 0 Å². The van der Waals surface area contributed by atoms with Crippen molar-refractivity contribution in [2.45, 2.75) is 26.3 Å². The fourth-order valence-corrected chi connectivity index (χ4v) is 1.67. The SMILES string of the molecule is Cc1cc(CN2CCC(=O)CC2)on1. The Labute approximate surface area is 82.9 Å². The van der Waals surface area contributed by atoms with E-state index in [4.69, 9.17) is 4.52 Å². The molecule has 4 heteroatoms. The number of nitrogens with zero attached hydrogens (tertiary/aromatic N) is 2. The van der Waals surface area contributed by atoms with Crippen LogP contribution >= 0.6 is 0 Å². The summed E-state index contributed by atoms with van der Waals surface area (Å²) in [5, 5.41) is 3.83. The van der Waals surface area contributed by atoms with Crippen molar-refractivity contribution in [2.24, 2.45) is 0 Å². The number of hydrogen-bond acceptors (Lipinski definition) is 4. The molecule has 0 saturated carbocycles. The van der Waals surface area contributed by atoms with Gasteiger partial charge in [-0.2, -0.15) is 0 Å². The maximum Gasteiger partial charge on any atom is 0.150 e. The van der Waals surface area contributed by atoms with Crippen molar-refractivity contribution >= 4 is 5.78 Å². The Morgan fingerprint density at radius 1 is 1.50 bits per heavy atom. The lowest BCUT2D eigenvalue weighted by Crippen LogP contribution is -2.33. The fourth-order valence-electron chi connectivity index (χ4n) is 1.67. The second-order valence-corrected chi connectivity index (χ2v) is 3.75. The summed E-state index contributed by atoms with van der Waals surface area (Å²) in [6.45, 7) is 4.37. The van der Waals surface area contributed by atoms with Gasteiger partial charge in [0, 0.05) is 32.0 Å². The van der Waals surface area contributed by atoms with Crippen molar-refractivity contribution < 1.29 is 9.32 Å². The van der Waals surface area contributed by atoms with Crippen molar-refractivity contribution in [3.05, 3.63) is 17.5 Å². The van der Waals surface area contributed by atoms with E-state index < -0.39 is 0 Å². The van der Waals surface area contributed by atoms with Crippen LogP contribution in [0.1, 0.15) is 24.3 Å². The lowest BCUT2D eigenvalue weighted by Gasteiger charge is -2.24. The van der Waals surface area contributed by atoms with Crippen LogP contribution in [0.15, 0.2) is 10.6 Å². The minimum Gasteiger partial charge on any atom is -0.360 e. The summed E-state index contributed by atoms with van der Waals surface area (Å²) in [6, 6.07) is 1.94. The van der Waals surface area contributed by atoms with Crippen LogP contribution in [0.5, 0.6) is 0 Å². The van der Waals surface area contributed by atoms with E-state index in [1.807, 2.05) is 13.0 Å². The van der Waals surface area contributed by atoms with Gasteiger partial charge in [-0.3, -0.25) is 9.69 Å². The third-order valence-electron chi connectivity index (χ3n) is 2.47. The van der Waals surface area contributed by atoms with Gasteiger partial charge in [-0.25, -0.2) is 0 Å². The highest BCUT2D eigenvalue weighted by atomic mass is 16.5. The molecule has 1 aliphatic rings. The Hall–Kier alpha value is -1.16. The minimum absolute atomic E-state index is 0.370. The molecule has 0 spiro atoms. The van der Waals surface area contributed by atoms with Crippen LogP contribution in [-0.4, -0.2) is 28.9 Å². The van der Waals surface area contributed by atoms with Crippen molar-refractivity contribution in [3.63, 3.8) is 0 Å². The topological polar surface area (TPSA) is 46.3 Å². The number of Topliss-reactive ketones (excluding diaryl/α,β-unsaturated/α-hetero) is 1. The van der Waals surface area contributed by atoms with Crippen molar-refractivity contribution in [3.8, 4) is 0 Å². The maximum absolute atomic E-state index is 11.0. The summed E-state index contributed by atoms with van der Waals surface area (Å²) in [5.41, 5.74) is 0.910. The van der Waals surface area contributed by atoms with E-state index in [2.05, 4.69) is 10.1 Å².